The van der Waals surface area contributed by atoms with Gasteiger partial charge in [0.15, 0.2) is 0 Å². The summed E-state index contributed by atoms with van der Waals surface area (Å²) in [5.41, 5.74) is 2.53. The largest absolute Gasteiger partial charge is 0.416 e. The first-order valence-electron chi connectivity index (χ1n) is 12.6. The van der Waals surface area contributed by atoms with Crippen LogP contribution in [0.2, 0.25) is 0 Å². The summed E-state index contributed by atoms with van der Waals surface area (Å²) in [4.78, 5) is 0. The van der Waals surface area contributed by atoms with Gasteiger partial charge in [-0.2, -0.15) is 0 Å². The maximum atomic E-state index is 6.73. The molecule has 34 heavy (non-hydrogen) atoms. The number of hydrogen-bond donors (Lipinski definition) is 1. The van der Waals surface area contributed by atoms with Gasteiger partial charge < -0.3 is 9.88 Å². The Labute approximate surface area is 205 Å². The second kappa shape index (κ2) is 9.94. The summed E-state index contributed by atoms with van der Waals surface area (Å²) in [5.74, 6) is 0.696. The van der Waals surface area contributed by atoms with E-state index in [4.69, 9.17) is 4.65 Å². The van der Waals surface area contributed by atoms with Crippen LogP contribution in [-0.4, -0.2) is 19.3 Å². The highest BCUT2D eigenvalue weighted by Gasteiger charge is 2.47. The van der Waals surface area contributed by atoms with Gasteiger partial charge in [0.1, 0.15) is 0 Å². The predicted octanol–water partition coefficient (Wildman–Crippen LogP) is 6.99. The Kier molecular flexibility index (Phi) is 6.76. The van der Waals surface area contributed by atoms with Gasteiger partial charge in [0, 0.05) is 18.9 Å². The molecule has 4 aromatic carbocycles. The minimum Gasteiger partial charge on any atom is -0.416 e. The van der Waals surface area contributed by atoms with Crippen LogP contribution in [0.25, 0.3) is 21.5 Å². The van der Waals surface area contributed by atoms with Crippen molar-refractivity contribution in [3.05, 3.63) is 96.1 Å². The molecule has 3 heteroatoms. The van der Waals surface area contributed by atoms with E-state index in [1.807, 2.05) is 0 Å². The molecule has 1 heterocycles. The van der Waals surface area contributed by atoms with Gasteiger partial charge >= 0.3 is 7.62 Å². The van der Waals surface area contributed by atoms with E-state index in [-0.39, 0.29) is 13.0 Å². The van der Waals surface area contributed by atoms with Gasteiger partial charge in [0.2, 0.25) is 0 Å². The monoisotopic (exact) mass is 449 g/mol. The molecule has 174 valence electrons. The minimum absolute atomic E-state index is 0. The van der Waals surface area contributed by atoms with E-state index in [2.05, 4.69) is 90.2 Å². The molecule has 2 nitrogen and oxygen atoms in total. The summed E-state index contributed by atoms with van der Waals surface area (Å²) in [7, 11) is 0.655. The van der Waals surface area contributed by atoms with Crippen LogP contribution in [0.4, 0.5) is 0 Å². The molecular weight excluding hydrogens is 413 g/mol. The summed E-state index contributed by atoms with van der Waals surface area (Å²) in [5, 5.41) is 9.05. The van der Waals surface area contributed by atoms with E-state index in [1.165, 1.54) is 64.8 Å². The lowest BCUT2D eigenvalue weighted by Crippen LogP contribution is -2.52. The van der Waals surface area contributed by atoms with Gasteiger partial charge in [-0.15, -0.1) is 0 Å². The zero-order valence-corrected chi connectivity index (χ0v) is 19.3. The fourth-order valence-corrected chi connectivity index (χ4v) is 6.39. The van der Waals surface area contributed by atoms with Crippen LogP contribution >= 0.6 is 0 Å². The number of benzene rings is 4. The topological polar surface area (TPSA) is 21.3 Å². The average Bonchev–Trinajstić information content (AvgIpc) is 3.27. The standard InChI is InChI=1S/C30H32BNO.CH4/c1-2-10-26(11-3-1)29-30(33-31-32-29,20-22-14-16-24-8-4-6-12-27(24)18-22)21-23-15-17-25-9-5-7-13-28(25)19-23;/h4-9,12-19,26,29,31-32H,1-3,10-11,20-21H2;1H4/t29-;/m1./s1. The van der Waals surface area contributed by atoms with Gasteiger partial charge in [0.05, 0.1) is 5.60 Å². The van der Waals surface area contributed by atoms with Crippen LogP contribution in [0, 0.1) is 5.92 Å². The van der Waals surface area contributed by atoms with E-state index in [0.717, 1.165) is 12.8 Å². The fourth-order valence-electron chi connectivity index (χ4n) is 6.39. The third kappa shape index (κ3) is 4.52. The summed E-state index contributed by atoms with van der Waals surface area (Å²) >= 11 is 0. The smallest absolute Gasteiger partial charge is 0.361 e. The average molecular weight is 449 g/mol. The van der Waals surface area contributed by atoms with Crippen LogP contribution in [0.5, 0.6) is 0 Å². The molecule has 0 radical (unpaired) electrons. The van der Waals surface area contributed by atoms with Crippen molar-refractivity contribution in [1.29, 1.82) is 0 Å². The molecule has 1 aliphatic heterocycles. The first-order valence-corrected chi connectivity index (χ1v) is 12.6. The molecule has 1 atom stereocenters. The van der Waals surface area contributed by atoms with Crippen molar-refractivity contribution in [3.63, 3.8) is 0 Å². The van der Waals surface area contributed by atoms with Crippen LogP contribution < -0.4 is 5.23 Å². The molecule has 1 aliphatic carbocycles. The van der Waals surface area contributed by atoms with Crippen molar-refractivity contribution < 1.29 is 4.65 Å². The van der Waals surface area contributed by atoms with E-state index in [1.54, 1.807) is 0 Å². The summed E-state index contributed by atoms with van der Waals surface area (Å²) in [6.45, 7) is 0. The van der Waals surface area contributed by atoms with Crippen molar-refractivity contribution in [1.82, 2.24) is 5.23 Å². The maximum Gasteiger partial charge on any atom is 0.361 e. The summed E-state index contributed by atoms with van der Waals surface area (Å²) < 4.78 is 6.73. The molecule has 2 fully saturated rings. The zero-order valence-electron chi connectivity index (χ0n) is 19.3. The molecular formula is C31H36BNO. The molecule has 1 saturated carbocycles. The Morgan fingerprint density at radius 3 is 1.79 bits per heavy atom. The van der Waals surface area contributed by atoms with Crippen LogP contribution in [0.3, 0.4) is 0 Å². The molecule has 4 aromatic rings. The van der Waals surface area contributed by atoms with Crippen LogP contribution in [-0.2, 0) is 17.5 Å². The third-order valence-corrected chi connectivity index (χ3v) is 7.99. The molecule has 2 aliphatic rings. The lowest BCUT2D eigenvalue weighted by Gasteiger charge is -2.41. The maximum absolute atomic E-state index is 6.73. The normalized spacial score (nSPS) is 20.2. The number of nitrogens with one attached hydrogen (secondary N) is 1. The van der Waals surface area contributed by atoms with Gasteiger partial charge in [-0.3, -0.25) is 0 Å². The van der Waals surface area contributed by atoms with Crippen molar-refractivity contribution in [2.75, 3.05) is 0 Å². The molecule has 6 rings (SSSR count). The zero-order chi connectivity index (χ0) is 22.1. The lowest BCUT2D eigenvalue weighted by molar-refractivity contribution is 0.0437. The van der Waals surface area contributed by atoms with Crippen LogP contribution in [0.1, 0.15) is 50.7 Å². The number of hydrogen-bond acceptors (Lipinski definition) is 2. The second-order valence-electron chi connectivity index (χ2n) is 10.1. The van der Waals surface area contributed by atoms with Crippen LogP contribution in [0.15, 0.2) is 84.9 Å². The van der Waals surface area contributed by atoms with Gasteiger partial charge in [-0.25, -0.2) is 0 Å². The van der Waals surface area contributed by atoms with E-state index >= 15 is 0 Å². The van der Waals surface area contributed by atoms with Gasteiger partial charge in [0.25, 0.3) is 0 Å². The third-order valence-electron chi connectivity index (χ3n) is 7.99. The van der Waals surface area contributed by atoms with E-state index in [9.17, 15) is 0 Å². The fraction of sp³-hybridized carbons (Fsp3) is 0.355. The number of fused-ring (bicyclic) bond motifs is 2. The predicted molar refractivity (Wildman–Crippen MR) is 146 cm³/mol. The van der Waals surface area contributed by atoms with E-state index in [0.29, 0.717) is 19.6 Å². The molecule has 0 bridgehead atoms. The van der Waals surface area contributed by atoms with Gasteiger partial charge in [-0.05, 0) is 51.4 Å². The quantitative estimate of drug-likeness (QED) is 0.332. The summed E-state index contributed by atoms with van der Waals surface area (Å²) in [6, 6.07) is 31.6. The molecule has 1 saturated heterocycles. The Morgan fingerprint density at radius 2 is 1.24 bits per heavy atom. The SMILES string of the molecule is B1N[C@H](C2CCCCC2)C(Cc2ccc3ccccc3c2)(Cc2ccc3ccccc3c2)O1.C. The van der Waals surface area contributed by atoms with Gasteiger partial charge in [-0.1, -0.05) is 112 Å². The first-order chi connectivity index (χ1) is 16.3. The van der Waals surface area contributed by atoms with Crippen molar-refractivity contribution in [3.8, 4) is 0 Å². The Morgan fingerprint density at radius 1 is 0.706 bits per heavy atom. The van der Waals surface area contributed by atoms with E-state index < -0.39 is 0 Å². The Bertz CT molecular complexity index is 1180. The molecule has 0 spiro atoms. The minimum atomic E-state index is -0.215. The van der Waals surface area contributed by atoms with Crippen molar-refractivity contribution in [2.45, 2.75) is 64.0 Å². The highest BCUT2D eigenvalue weighted by Crippen LogP contribution is 2.39. The number of rotatable bonds is 5. The molecule has 1 N–H and O–H groups in total. The Hall–Kier alpha value is -2.62. The molecule has 0 amide bonds. The highest BCUT2D eigenvalue weighted by atomic mass is 16.5. The molecule has 0 aromatic heterocycles. The van der Waals surface area contributed by atoms with Crippen molar-refractivity contribution >= 4 is 29.2 Å². The first kappa shape index (κ1) is 23.1. The van der Waals surface area contributed by atoms with Crippen molar-refractivity contribution in [2.24, 2.45) is 5.92 Å². The summed E-state index contributed by atoms with van der Waals surface area (Å²) in [6.07, 6.45) is 8.61. The Balaban J connectivity index is 0.00000241. The second-order valence-corrected chi connectivity index (χ2v) is 10.1. The highest BCUT2D eigenvalue weighted by molar-refractivity contribution is 6.25. The molecule has 0 unspecified atom stereocenters. The lowest BCUT2D eigenvalue weighted by atomic mass is 9.72.